The Hall–Kier alpha value is -1.24. The van der Waals surface area contributed by atoms with Crippen LogP contribution in [0.2, 0.25) is 0 Å². The minimum Gasteiger partial charge on any atom is -0.339 e. The minimum absolute atomic E-state index is 0.0670. The number of carbonyl (C=O) groups is 1. The maximum atomic E-state index is 11.9. The van der Waals surface area contributed by atoms with Crippen LogP contribution >= 0.6 is 11.8 Å². The second kappa shape index (κ2) is 8.26. The molecule has 2 rings (SSSR count). The van der Waals surface area contributed by atoms with Crippen molar-refractivity contribution in [2.24, 2.45) is 0 Å². The Morgan fingerprint density at radius 3 is 2.95 bits per heavy atom. The Morgan fingerprint density at radius 1 is 1.43 bits per heavy atom. The van der Waals surface area contributed by atoms with Gasteiger partial charge >= 0.3 is 6.03 Å². The summed E-state index contributed by atoms with van der Waals surface area (Å²) < 4.78 is 5.03. The number of amides is 2. The van der Waals surface area contributed by atoms with Crippen LogP contribution in [0.1, 0.15) is 43.8 Å². The molecule has 2 atom stereocenters. The number of urea groups is 1. The Balaban J connectivity index is 1.62. The van der Waals surface area contributed by atoms with Gasteiger partial charge in [-0.25, -0.2) is 4.79 Å². The summed E-state index contributed by atoms with van der Waals surface area (Å²) in [6, 6.07) is 0.231. The smallest absolute Gasteiger partial charge is 0.315 e. The molecule has 2 amide bonds. The fraction of sp³-hybridized carbons (Fsp3) is 0.786. The highest BCUT2D eigenvalue weighted by Crippen LogP contribution is 2.26. The average Bonchev–Trinajstić information content (AvgIpc) is 2.90. The van der Waals surface area contributed by atoms with Crippen LogP contribution in [0.25, 0.3) is 0 Å². The molecule has 1 heterocycles. The highest BCUT2D eigenvalue weighted by molar-refractivity contribution is 7.99. The molecule has 21 heavy (non-hydrogen) atoms. The molecule has 0 bridgehead atoms. The van der Waals surface area contributed by atoms with E-state index in [0.717, 1.165) is 12.8 Å². The van der Waals surface area contributed by atoms with Crippen molar-refractivity contribution < 1.29 is 9.32 Å². The molecule has 7 heteroatoms. The third-order valence-electron chi connectivity index (χ3n) is 3.74. The highest BCUT2D eigenvalue weighted by Gasteiger charge is 2.25. The molecule has 118 valence electrons. The lowest BCUT2D eigenvalue weighted by Gasteiger charge is -2.30. The van der Waals surface area contributed by atoms with E-state index < -0.39 is 0 Å². The van der Waals surface area contributed by atoms with Crippen LogP contribution < -0.4 is 10.6 Å². The standard InChI is InChI=1S/C14H24N4O2S/c1-10-16-13(20-18-10)8-5-9-15-14(19)17-11-6-3-4-7-12(11)21-2/h11-12H,3-9H2,1-2H3,(H2,15,17,19)/t11-,12-/m1/s1. The molecule has 0 aromatic carbocycles. The van der Waals surface area contributed by atoms with Crippen LogP contribution in [0, 0.1) is 6.92 Å². The number of aromatic nitrogens is 2. The van der Waals surface area contributed by atoms with E-state index in [1.807, 2.05) is 11.8 Å². The molecular weight excluding hydrogens is 288 g/mol. The number of hydrogen-bond donors (Lipinski definition) is 2. The monoisotopic (exact) mass is 312 g/mol. The summed E-state index contributed by atoms with van der Waals surface area (Å²) >= 11 is 1.85. The van der Waals surface area contributed by atoms with Crippen LogP contribution in [0.4, 0.5) is 4.79 Å². The second-order valence-electron chi connectivity index (χ2n) is 5.40. The minimum atomic E-state index is -0.0670. The number of carbonyl (C=O) groups excluding carboxylic acids is 1. The molecule has 0 aliphatic heterocycles. The van der Waals surface area contributed by atoms with Gasteiger partial charge in [0.15, 0.2) is 5.82 Å². The van der Waals surface area contributed by atoms with E-state index in [2.05, 4.69) is 27.0 Å². The van der Waals surface area contributed by atoms with E-state index in [-0.39, 0.29) is 6.03 Å². The summed E-state index contributed by atoms with van der Waals surface area (Å²) in [5, 5.41) is 10.3. The first-order valence-electron chi connectivity index (χ1n) is 7.55. The van der Waals surface area contributed by atoms with Gasteiger partial charge in [0.2, 0.25) is 5.89 Å². The van der Waals surface area contributed by atoms with E-state index in [1.54, 1.807) is 6.92 Å². The molecule has 6 nitrogen and oxygen atoms in total. The Bertz CT molecular complexity index is 452. The van der Waals surface area contributed by atoms with Gasteiger partial charge < -0.3 is 15.2 Å². The van der Waals surface area contributed by atoms with Gasteiger partial charge in [-0.3, -0.25) is 0 Å². The molecule has 1 saturated carbocycles. The van der Waals surface area contributed by atoms with Gasteiger partial charge in [0.1, 0.15) is 0 Å². The Kier molecular flexibility index (Phi) is 6.35. The van der Waals surface area contributed by atoms with E-state index in [0.29, 0.717) is 36.0 Å². The number of hydrogen-bond acceptors (Lipinski definition) is 5. The second-order valence-corrected chi connectivity index (χ2v) is 6.48. The number of thioether (sulfide) groups is 1. The average molecular weight is 312 g/mol. The van der Waals surface area contributed by atoms with Gasteiger partial charge in [0.25, 0.3) is 0 Å². The molecule has 1 aromatic heterocycles. The summed E-state index contributed by atoms with van der Waals surface area (Å²) in [7, 11) is 0. The molecule has 0 unspecified atom stereocenters. The maximum Gasteiger partial charge on any atom is 0.315 e. The van der Waals surface area contributed by atoms with Gasteiger partial charge in [-0.2, -0.15) is 16.7 Å². The van der Waals surface area contributed by atoms with Crippen LogP contribution in [0.5, 0.6) is 0 Å². The summed E-state index contributed by atoms with van der Waals surface area (Å²) in [4.78, 5) is 16.0. The molecule has 2 N–H and O–H groups in total. The van der Waals surface area contributed by atoms with Crippen molar-refractivity contribution in [2.45, 2.75) is 56.7 Å². The molecule has 1 aliphatic carbocycles. The zero-order valence-electron chi connectivity index (χ0n) is 12.7. The Morgan fingerprint density at radius 2 is 2.24 bits per heavy atom. The first-order chi connectivity index (χ1) is 10.2. The maximum absolute atomic E-state index is 11.9. The van der Waals surface area contributed by atoms with Crippen molar-refractivity contribution in [1.82, 2.24) is 20.8 Å². The van der Waals surface area contributed by atoms with Crippen LogP contribution in [-0.2, 0) is 6.42 Å². The van der Waals surface area contributed by atoms with Crippen molar-refractivity contribution >= 4 is 17.8 Å². The third kappa shape index (κ3) is 5.22. The molecule has 0 spiro atoms. The SMILES string of the molecule is CS[C@@H]1CCCC[C@H]1NC(=O)NCCCc1nc(C)no1. The van der Waals surface area contributed by atoms with Crippen LogP contribution in [0.15, 0.2) is 4.52 Å². The van der Waals surface area contributed by atoms with Crippen molar-refractivity contribution in [3.63, 3.8) is 0 Å². The Labute approximate surface area is 129 Å². The molecular formula is C14H24N4O2S. The van der Waals surface area contributed by atoms with Crippen molar-refractivity contribution in [3.8, 4) is 0 Å². The van der Waals surface area contributed by atoms with Crippen LogP contribution in [0.3, 0.4) is 0 Å². The number of nitrogens with one attached hydrogen (secondary N) is 2. The first kappa shape index (κ1) is 16.1. The first-order valence-corrected chi connectivity index (χ1v) is 8.84. The van der Waals surface area contributed by atoms with E-state index in [9.17, 15) is 4.79 Å². The predicted octanol–water partition coefficient (Wildman–Crippen LogP) is 2.28. The van der Waals surface area contributed by atoms with Crippen molar-refractivity contribution in [2.75, 3.05) is 12.8 Å². The largest absolute Gasteiger partial charge is 0.339 e. The summed E-state index contributed by atoms with van der Waals surface area (Å²) in [6.07, 6.45) is 8.37. The summed E-state index contributed by atoms with van der Waals surface area (Å²) in [5.74, 6) is 1.28. The van der Waals surface area contributed by atoms with Crippen molar-refractivity contribution in [1.29, 1.82) is 0 Å². The lowest BCUT2D eigenvalue weighted by molar-refractivity contribution is 0.233. The quantitative estimate of drug-likeness (QED) is 0.788. The number of nitrogens with zero attached hydrogens (tertiary/aromatic N) is 2. The molecule has 0 radical (unpaired) electrons. The normalized spacial score (nSPS) is 22.0. The molecule has 1 aliphatic rings. The van der Waals surface area contributed by atoms with Crippen LogP contribution in [-0.4, -0.2) is 40.3 Å². The molecule has 1 fully saturated rings. The topological polar surface area (TPSA) is 80.0 Å². The summed E-state index contributed by atoms with van der Waals surface area (Å²) in [6.45, 7) is 2.41. The van der Waals surface area contributed by atoms with Gasteiger partial charge in [0, 0.05) is 24.3 Å². The lowest BCUT2D eigenvalue weighted by atomic mass is 9.95. The predicted molar refractivity (Wildman–Crippen MR) is 83.4 cm³/mol. The summed E-state index contributed by atoms with van der Waals surface area (Å²) in [5.41, 5.74) is 0. The van der Waals surface area contributed by atoms with Gasteiger partial charge in [-0.1, -0.05) is 18.0 Å². The fourth-order valence-corrected chi connectivity index (χ4v) is 3.58. The number of aryl methyl sites for hydroxylation is 2. The van der Waals surface area contributed by atoms with Gasteiger partial charge in [-0.05, 0) is 32.4 Å². The highest BCUT2D eigenvalue weighted by atomic mass is 32.2. The number of rotatable bonds is 6. The fourth-order valence-electron chi connectivity index (χ4n) is 2.65. The van der Waals surface area contributed by atoms with Crippen molar-refractivity contribution in [3.05, 3.63) is 11.7 Å². The van der Waals surface area contributed by atoms with E-state index >= 15 is 0 Å². The molecule has 0 saturated heterocycles. The van der Waals surface area contributed by atoms with Gasteiger partial charge in [0.05, 0.1) is 0 Å². The zero-order chi connectivity index (χ0) is 15.1. The molecule has 1 aromatic rings. The van der Waals surface area contributed by atoms with Gasteiger partial charge in [-0.15, -0.1) is 0 Å². The third-order valence-corrected chi connectivity index (χ3v) is 4.91. The van der Waals surface area contributed by atoms with E-state index in [1.165, 1.54) is 19.3 Å². The van der Waals surface area contributed by atoms with E-state index in [4.69, 9.17) is 4.52 Å². The zero-order valence-corrected chi connectivity index (χ0v) is 13.5. The lowest BCUT2D eigenvalue weighted by Crippen LogP contribution is -2.48.